The number of fused-ring (bicyclic) bond motifs is 1. The highest BCUT2D eigenvalue weighted by Crippen LogP contribution is 2.42. The number of rotatable bonds is 4. The Balaban J connectivity index is 1.79. The van der Waals surface area contributed by atoms with Crippen molar-refractivity contribution in [1.29, 1.82) is 0 Å². The minimum atomic E-state index is -0.651. The molecule has 1 amide bonds. The molecule has 3 aromatic rings. The molecule has 1 N–H and O–H groups in total. The van der Waals surface area contributed by atoms with Gasteiger partial charge in [0.15, 0.2) is 0 Å². The molecule has 0 radical (unpaired) electrons. The fraction of sp³-hybridized carbons (Fsp3) is 0.182. The van der Waals surface area contributed by atoms with Gasteiger partial charge in [0.2, 0.25) is 5.91 Å². The lowest BCUT2D eigenvalue weighted by Crippen LogP contribution is -2.33. The number of benzene rings is 2. The first-order valence-electron chi connectivity index (χ1n) is 8.61. The number of hydrogen-bond acceptors (Lipinski definition) is 3. The van der Waals surface area contributed by atoms with Crippen molar-refractivity contribution in [2.45, 2.75) is 18.8 Å². The average molecular weight is 344 g/mol. The van der Waals surface area contributed by atoms with Gasteiger partial charge in [-0.3, -0.25) is 9.78 Å². The predicted octanol–water partition coefficient (Wildman–Crippen LogP) is 4.21. The first-order chi connectivity index (χ1) is 12.6. The number of methoxy groups -OCH3 is 1. The first-order valence-corrected chi connectivity index (χ1v) is 8.61. The number of pyridine rings is 1. The van der Waals surface area contributed by atoms with E-state index in [0.717, 1.165) is 33.8 Å². The summed E-state index contributed by atoms with van der Waals surface area (Å²) in [7, 11) is 1.67. The van der Waals surface area contributed by atoms with Crippen molar-refractivity contribution < 1.29 is 9.53 Å². The Hall–Kier alpha value is -3.14. The van der Waals surface area contributed by atoms with Gasteiger partial charge in [0.05, 0.1) is 12.5 Å². The maximum atomic E-state index is 12.8. The van der Waals surface area contributed by atoms with Crippen LogP contribution in [0.3, 0.4) is 0 Å². The number of carbonyl (C=O) groups excluding carboxylic acids is 1. The predicted molar refractivity (Wildman–Crippen MR) is 102 cm³/mol. The summed E-state index contributed by atoms with van der Waals surface area (Å²) in [4.78, 5) is 17.2. The quantitative estimate of drug-likeness (QED) is 0.771. The van der Waals surface area contributed by atoms with E-state index in [9.17, 15) is 4.79 Å². The Morgan fingerprint density at radius 3 is 2.65 bits per heavy atom. The van der Waals surface area contributed by atoms with Gasteiger partial charge in [-0.2, -0.15) is 0 Å². The second-order valence-electron chi connectivity index (χ2n) is 6.74. The van der Waals surface area contributed by atoms with Crippen LogP contribution in [-0.2, 0) is 16.6 Å². The molecule has 0 aliphatic carbocycles. The number of amides is 1. The van der Waals surface area contributed by atoms with E-state index in [0.29, 0.717) is 6.42 Å². The second kappa shape index (κ2) is 6.30. The summed E-state index contributed by atoms with van der Waals surface area (Å²) in [5.74, 6) is 0.825. The van der Waals surface area contributed by atoms with Crippen LogP contribution in [0.2, 0.25) is 0 Å². The van der Waals surface area contributed by atoms with Gasteiger partial charge in [-0.05, 0) is 48.4 Å². The standard InChI is InChI=1S/C22H20N2O2/c1-22(14-16-7-5-6-12-23-16)18-13-15(10-11-19(18)24-21(22)25)17-8-3-4-9-20(17)26-2/h3-13H,14H2,1-2H3,(H,24,25). The highest BCUT2D eigenvalue weighted by molar-refractivity contribution is 6.06. The molecule has 0 saturated heterocycles. The van der Waals surface area contributed by atoms with Gasteiger partial charge in [-0.15, -0.1) is 0 Å². The summed E-state index contributed by atoms with van der Waals surface area (Å²) in [6.07, 6.45) is 2.32. The molecule has 4 nitrogen and oxygen atoms in total. The molecule has 0 fully saturated rings. The molecular weight excluding hydrogens is 324 g/mol. The van der Waals surface area contributed by atoms with Crippen LogP contribution in [0.1, 0.15) is 18.2 Å². The Morgan fingerprint density at radius 2 is 1.88 bits per heavy atom. The minimum absolute atomic E-state index is 0.00956. The molecule has 130 valence electrons. The molecule has 1 aliphatic rings. The fourth-order valence-electron chi connectivity index (χ4n) is 3.58. The van der Waals surface area contributed by atoms with Gasteiger partial charge in [-0.1, -0.05) is 30.3 Å². The summed E-state index contributed by atoms with van der Waals surface area (Å²) in [5, 5.41) is 3.02. The van der Waals surface area contributed by atoms with Crippen LogP contribution < -0.4 is 10.1 Å². The summed E-state index contributed by atoms with van der Waals surface area (Å²) < 4.78 is 5.50. The Labute approximate surface area is 152 Å². The van der Waals surface area contributed by atoms with E-state index in [1.807, 2.05) is 61.5 Å². The zero-order valence-corrected chi connectivity index (χ0v) is 14.8. The van der Waals surface area contributed by atoms with Gasteiger partial charge >= 0.3 is 0 Å². The fourth-order valence-corrected chi connectivity index (χ4v) is 3.58. The monoisotopic (exact) mass is 344 g/mol. The van der Waals surface area contributed by atoms with Crippen molar-refractivity contribution in [2.24, 2.45) is 0 Å². The molecule has 4 heteroatoms. The maximum Gasteiger partial charge on any atom is 0.235 e. The van der Waals surface area contributed by atoms with E-state index >= 15 is 0 Å². The molecule has 2 heterocycles. The lowest BCUT2D eigenvalue weighted by molar-refractivity contribution is -0.120. The third-order valence-electron chi connectivity index (χ3n) is 5.04. The molecule has 0 spiro atoms. The van der Waals surface area contributed by atoms with E-state index in [-0.39, 0.29) is 5.91 Å². The number of carbonyl (C=O) groups is 1. The first kappa shape index (κ1) is 16.3. The molecule has 26 heavy (non-hydrogen) atoms. The van der Waals surface area contributed by atoms with Crippen LogP contribution in [0, 0.1) is 0 Å². The maximum absolute atomic E-state index is 12.8. The number of nitrogens with zero attached hydrogens (tertiary/aromatic N) is 1. The van der Waals surface area contributed by atoms with Gasteiger partial charge in [0.1, 0.15) is 5.75 Å². The number of nitrogens with one attached hydrogen (secondary N) is 1. The number of para-hydroxylation sites is 1. The van der Waals surface area contributed by atoms with E-state index in [1.165, 1.54) is 0 Å². The van der Waals surface area contributed by atoms with Crippen LogP contribution in [0.25, 0.3) is 11.1 Å². The van der Waals surface area contributed by atoms with Crippen LogP contribution in [0.15, 0.2) is 66.9 Å². The highest BCUT2D eigenvalue weighted by Gasteiger charge is 2.43. The second-order valence-corrected chi connectivity index (χ2v) is 6.74. The van der Waals surface area contributed by atoms with Gasteiger partial charge in [0.25, 0.3) is 0 Å². The number of hydrogen-bond donors (Lipinski definition) is 1. The van der Waals surface area contributed by atoms with Crippen molar-refractivity contribution in [3.05, 3.63) is 78.1 Å². The largest absolute Gasteiger partial charge is 0.496 e. The van der Waals surface area contributed by atoms with Gasteiger partial charge in [0, 0.05) is 29.6 Å². The lowest BCUT2D eigenvalue weighted by Gasteiger charge is -2.22. The topological polar surface area (TPSA) is 51.2 Å². The van der Waals surface area contributed by atoms with Gasteiger partial charge in [-0.25, -0.2) is 0 Å². The molecule has 1 atom stereocenters. The van der Waals surface area contributed by atoms with E-state index in [1.54, 1.807) is 13.3 Å². The summed E-state index contributed by atoms with van der Waals surface area (Å²) in [6.45, 7) is 1.98. The summed E-state index contributed by atoms with van der Waals surface area (Å²) in [6, 6.07) is 19.8. The smallest absolute Gasteiger partial charge is 0.235 e. The molecule has 0 bridgehead atoms. The van der Waals surface area contributed by atoms with E-state index < -0.39 is 5.41 Å². The number of aromatic nitrogens is 1. The Morgan fingerprint density at radius 1 is 1.08 bits per heavy atom. The van der Waals surface area contributed by atoms with Gasteiger partial charge < -0.3 is 10.1 Å². The molecule has 1 unspecified atom stereocenters. The Kier molecular flexibility index (Phi) is 3.96. The zero-order valence-electron chi connectivity index (χ0n) is 14.8. The van der Waals surface area contributed by atoms with Crippen molar-refractivity contribution in [3.8, 4) is 16.9 Å². The van der Waals surface area contributed by atoms with Crippen LogP contribution >= 0.6 is 0 Å². The Bertz CT molecular complexity index is 969. The van der Waals surface area contributed by atoms with E-state index in [2.05, 4.69) is 16.4 Å². The number of anilines is 1. The minimum Gasteiger partial charge on any atom is -0.496 e. The van der Waals surface area contributed by atoms with E-state index in [4.69, 9.17) is 4.74 Å². The van der Waals surface area contributed by atoms with Crippen LogP contribution in [0.5, 0.6) is 5.75 Å². The average Bonchev–Trinajstić information content (AvgIpc) is 2.92. The normalized spacial score (nSPS) is 18.3. The van der Waals surface area contributed by atoms with Crippen molar-refractivity contribution >= 4 is 11.6 Å². The van der Waals surface area contributed by atoms with Crippen molar-refractivity contribution in [3.63, 3.8) is 0 Å². The molecular formula is C22H20N2O2. The summed E-state index contributed by atoms with van der Waals surface area (Å²) >= 11 is 0. The zero-order chi connectivity index (χ0) is 18.1. The molecule has 4 rings (SSSR count). The third-order valence-corrected chi connectivity index (χ3v) is 5.04. The highest BCUT2D eigenvalue weighted by atomic mass is 16.5. The molecule has 2 aromatic carbocycles. The van der Waals surface area contributed by atoms with Crippen LogP contribution in [0.4, 0.5) is 5.69 Å². The molecule has 1 aromatic heterocycles. The third kappa shape index (κ3) is 2.64. The SMILES string of the molecule is COc1ccccc1-c1ccc2c(c1)C(C)(Cc1ccccn1)C(=O)N2. The number of ether oxygens (including phenoxy) is 1. The molecule has 0 saturated carbocycles. The van der Waals surface area contributed by atoms with Crippen molar-refractivity contribution in [2.75, 3.05) is 12.4 Å². The van der Waals surface area contributed by atoms with Crippen molar-refractivity contribution in [1.82, 2.24) is 4.98 Å². The molecule has 1 aliphatic heterocycles. The van der Waals surface area contributed by atoms with Crippen LogP contribution in [-0.4, -0.2) is 18.0 Å². The lowest BCUT2D eigenvalue weighted by atomic mass is 9.78. The summed E-state index contributed by atoms with van der Waals surface area (Å²) in [5.41, 5.74) is 4.16.